The fourth-order valence-corrected chi connectivity index (χ4v) is 1.45. The van der Waals surface area contributed by atoms with Gasteiger partial charge in [0.1, 0.15) is 5.82 Å². The Morgan fingerprint density at radius 2 is 2.06 bits per heavy atom. The van der Waals surface area contributed by atoms with Crippen molar-refractivity contribution in [3.05, 3.63) is 36.3 Å². The molecule has 1 N–H and O–H groups in total. The minimum atomic E-state index is 0.514. The number of pyridine rings is 1. The Bertz CT molecular complexity index is 456. The summed E-state index contributed by atoms with van der Waals surface area (Å²) in [6.45, 7) is 4.32. The Morgan fingerprint density at radius 1 is 1.25 bits per heavy atom. The van der Waals surface area contributed by atoms with Crippen molar-refractivity contribution in [1.82, 2.24) is 14.8 Å². The van der Waals surface area contributed by atoms with Crippen LogP contribution in [0.2, 0.25) is 0 Å². The van der Waals surface area contributed by atoms with Crippen LogP contribution in [0.25, 0.3) is 0 Å². The second-order valence-corrected chi connectivity index (χ2v) is 4.16. The van der Waals surface area contributed by atoms with Crippen molar-refractivity contribution >= 4 is 11.5 Å². The summed E-state index contributed by atoms with van der Waals surface area (Å²) >= 11 is 0. The monoisotopic (exact) mass is 216 g/mol. The molecule has 2 heterocycles. The van der Waals surface area contributed by atoms with Crippen molar-refractivity contribution in [3.8, 4) is 0 Å². The molecule has 4 heteroatoms. The third-order valence-corrected chi connectivity index (χ3v) is 2.43. The van der Waals surface area contributed by atoms with Gasteiger partial charge in [0.15, 0.2) is 0 Å². The second kappa shape index (κ2) is 4.35. The van der Waals surface area contributed by atoms with Crippen LogP contribution in [0.3, 0.4) is 0 Å². The molecule has 4 nitrogen and oxygen atoms in total. The standard InChI is InChI=1S/C12H16N4/c1-9(2)10-4-5-12(13-6-10)15-11-7-14-16(3)8-11/h4-9H,1-3H3,(H,13,15). The zero-order chi connectivity index (χ0) is 11.5. The molecule has 2 rings (SSSR count). The largest absolute Gasteiger partial charge is 0.338 e. The van der Waals surface area contributed by atoms with Crippen molar-refractivity contribution in [2.24, 2.45) is 7.05 Å². The van der Waals surface area contributed by atoms with E-state index in [0.29, 0.717) is 5.92 Å². The zero-order valence-electron chi connectivity index (χ0n) is 9.81. The van der Waals surface area contributed by atoms with E-state index in [1.165, 1.54) is 5.56 Å². The third-order valence-electron chi connectivity index (χ3n) is 2.43. The van der Waals surface area contributed by atoms with Crippen LogP contribution in [0.15, 0.2) is 30.7 Å². The molecular weight excluding hydrogens is 200 g/mol. The van der Waals surface area contributed by atoms with Gasteiger partial charge in [-0.1, -0.05) is 19.9 Å². The molecule has 84 valence electrons. The van der Waals surface area contributed by atoms with E-state index in [1.807, 2.05) is 25.5 Å². The van der Waals surface area contributed by atoms with Gasteiger partial charge in [0, 0.05) is 19.4 Å². The molecule has 2 aromatic heterocycles. The lowest BCUT2D eigenvalue weighted by atomic mass is 10.1. The Balaban J connectivity index is 2.11. The lowest BCUT2D eigenvalue weighted by molar-refractivity contribution is 0.768. The summed E-state index contributed by atoms with van der Waals surface area (Å²) in [5.41, 5.74) is 2.20. The quantitative estimate of drug-likeness (QED) is 0.857. The predicted octanol–water partition coefficient (Wildman–Crippen LogP) is 2.68. The van der Waals surface area contributed by atoms with Gasteiger partial charge < -0.3 is 5.32 Å². The maximum Gasteiger partial charge on any atom is 0.130 e. The minimum Gasteiger partial charge on any atom is -0.338 e. The summed E-state index contributed by atoms with van der Waals surface area (Å²) in [5.74, 6) is 1.36. The van der Waals surface area contributed by atoms with Gasteiger partial charge in [-0.3, -0.25) is 4.68 Å². The highest BCUT2D eigenvalue weighted by Gasteiger charge is 2.01. The molecule has 0 unspecified atom stereocenters. The fraction of sp³-hybridized carbons (Fsp3) is 0.333. The SMILES string of the molecule is CC(C)c1ccc(Nc2cnn(C)c2)nc1. The average molecular weight is 216 g/mol. The van der Waals surface area contributed by atoms with Gasteiger partial charge in [0.05, 0.1) is 11.9 Å². The lowest BCUT2D eigenvalue weighted by Gasteiger charge is -2.06. The van der Waals surface area contributed by atoms with E-state index in [-0.39, 0.29) is 0 Å². The number of aryl methyl sites for hydroxylation is 1. The van der Waals surface area contributed by atoms with Crippen LogP contribution in [-0.2, 0) is 7.05 Å². The second-order valence-electron chi connectivity index (χ2n) is 4.16. The first-order valence-corrected chi connectivity index (χ1v) is 5.37. The van der Waals surface area contributed by atoms with Crippen LogP contribution in [0, 0.1) is 0 Å². The predicted molar refractivity (Wildman–Crippen MR) is 64.8 cm³/mol. The zero-order valence-corrected chi connectivity index (χ0v) is 9.81. The number of nitrogens with zero attached hydrogens (tertiary/aromatic N) is 3. The Hall–Kier alpha value is -1.84. The van der Waals surface area contributed by atoms with E-state index >= 15 is 0 Å². The summed E-state index contributed by atoms with van der Waals surface area (Å²) in [7, 11) is 1.89. The molecule has 2 aromatic rings. The molecule has 0 saturated carbocycles. The van der Waals surface area contributed by atoms with Crippen LogP contribution in [0.1, 0.15) is 25.3 Å². The molecule has 0 radical (unpaired) electrons. The average Bonchev–Trinajstić information content (AvgIpc) is 2.65. The van der Waals surface area contributed by atoms with Gasteiger partial charge >= 0.3 is 0 Å². The normalized spacial score (nSPS) is 10.8. The molecule has 0 fully saturated rings. The van der Waals surface area contributed by atoms with Crippen LogP contribution in [-0.4, -0.2) is 14.8 Å². The molecule has 0 aliphatic carbocycles. The molecule has 0 amide bonds. The molecule has 0 saturated heterocycles. The van der Waals surface area contributed by atoms with Gasteiger partial charge in [0.2, 0.25) is 0 Å². The van der Waals surface area contributed by atoms with Crippen LogP contribution in [0.4, 0.5) is 11.5 Å². The fourth-order valence-electron chi connectivity index (χ4n) is 1.45. The molecule has 0 bridgehead atoms. The van der Waals surface area contributed by atoms with Crippen molar-refractivity contribution in [3.63, 3.8) is 0 Å². The van der Waals surface area contributed by atoms with E-state index in [1.54, 1.807) is 10.9 Å². The molecule has 0 aliphatic heterocycles. The highest BCUT2D eigenvalue weighted by molar-refractivity contribution is 5.53. The van der Waals surface area contributed by atoms with Gasteiger partial charge in [-0.2, -0.15) is 5.10 Å². The Morgan fingerprint density at radius 3 is 2.56 bits per heavy atom. The number of rotatable bonds is 3. The van der Waals surface area contributed by atoms with E-state index in [4.69, 9.17) is 0 Å². The molecule has 16 heavy (non-hydrogen) atoms. The van der Waals surface area contributed by atoms with Crippen molar-refractivity contribution in [1.29, 1.82) is 0 Å². The van der Waals surface area contributed by atoms with E-state index in [0.717, 1.165) is 11.5 Å². The van der Waals surface area contributed by atoms with Gasteiger partial charge in [-0.25, -0.2) is 4.98 Å². The number of aromatic nitrogens is 3. The van der Waals surface area contributed by atoms with Crippen LogP contribution < -0.4 is 5.32 Å². The molecule has 0 aromatic carbocycles. The van der Waals surface area contributed by atoms with E-state index in [9.17, 15) is 0 Å². The smallest absolute Gasteiger partial charge is 0.130 e. The number of anilines is 2. The maximum atomic E-state index is 4.36. The summed E-state index contributed by atoms with van der Waals surface area (Å²) in [5, 5.41) is 7.28. The summed E-state index contributed by atoms with van der Waals surface area (Å²) in [6, 6.07) is 4.08. The van der Waals surface area contributed by atoms with Crippen LogP contribution >= 0.6 is 0 Å². The minimum absolute atomic E-state index is 0.514. The van der Waals surface area contributed by atoms with Crippen molar-refractivity contribution in [2.45, 2.75) is 19.8 Å². The highest BCUT2D eigenvalue weighted by atomic mass is 15.3. The molecular formula is C12H16N4. The number of hydrogen-bond acceptors (Lipinski definition) is 3. The lowest BCUT2D eigenvalue weighted by Crippen LogP contribution is -1.94. The topological polar surface area (TPSA) is 42.7 Å². The summed E-state index contributed by atoms with van der Waals surface area (Å²) < 4.78 is 1.75. The molecule has 0 aliphatic rings. The number of hydrogen-bond donors (Lipinski definition) is 1. The maximum absolute atomic E-state index is 4.36. The van der Waals surface area contributed by atoms with Gasteiger partial charge in [0.25, 0.3) is 0 Å². The summed E-state index contributed by atoms with van der Waals surface area (Å²) in [6.07, 6.45) is 5.60. The third kappa shape index (κ3) is 2.39. The first kappa shape index (κ1) is 10.7. The van der Waals surface area contributed by atoms with E-state index < -0.39 is 0 Å². The molecule has 0 atom stereocenters. The van der Waals surface area contributed by atoms with Crippen LogP contribution in [0.5, 0.6) is 0 Å². The van der Waals surface area contributed by atoms with Gasteiger partial charge in [-0.15, -0.1) is 0 Å². The Labute approximate surface area is 95.3 Å². The van der Waals surface area contributed by atoms with E-state index in [2.05, 4.69) is 35.3 Å². The highest BCUT2D eigenvalue weighted by Crippen LogP contribution is 2.17. The molecule has 0 spiro atoms. The number of nitrogens with one attached hydrogen (secondary N) is 1. The van der Waals surface area contributed by atoms with Crippen molar-refractivity contribution in [2.75, 3.05) is 5.32 Å². The first-order chi connectivity index (χ1) is 7.65. The van der Waals surface area contributed by atoms with Crippen molar-refractivity contribution < 1.29 is 0 Å². The van der Waals surface area contributed by atoms with Gasteiger partial charge in [-0.05, 0) is 17.5 Å². The summed E-state index contributed by atoms with van der Waals surface area (Å²) in [4.78, 5) is 4.36. The Kier molecular flexibility index (Phi) is 2.90. The first-order valence-electron chi connectivity index (χ1n) is 5.37.